The summed E-state index contributed by atoms with van der Waals surface area (Å²) in [5.74, 6) is -17.7. The summed E-state index contributed by atoms with van der Waals surface area (Å²) in [5, 5.41) is 117. The maximum atomic E-state index is 13.7. The predicted octanol–water partition coefficient (Wildman–Crippen LogP) is -0.991. The molecule has 0 aromatic heterocycles. The zero-order chi connectivity index (χ0) is 50.4. The number of aliphatic hydroxyl groups excluding tert-OH is 7. The number of amides is 2. The Morgan fingerprint density at radius 1 is 0.614 bits per heavy atom. The number of nitrogens with zero attached hydrogens (tertiary/aromatic N) is 2. The van der Waals surface area contributed by atoms with Crippen LogP contribution in [0.15, 0.2) is 70.2 Å². The van der Waals surface area contributed by atoms with Gasteiger partial charge in [-0.05, 0) is 70.2 Å². The van der Waals surface area contributed by atoms with Crippen LogP contribution in [0.25, 0.3) is 11.5 Å². The lowest BCUT2D eigenvalue weighted by atomic mass is 9.54. The topological polar surface area (TPSA) is 415 Å². The highest BCUT2D eigenvalue weighted by Crippen LogP contribution is 2.58. The number of benzene rings is 2. The monoisotopic (exact) mass is 1020 g/mol. The van der Waals surface area contributed by atoms with Gasteiger partial charge in [-0.25, -0.2) is 0 Å². The number of likely N-dealkylation sites (N-methyl/N-ethyl adjacent to an activating group) is 2. The number of nitrogens with two attached hydrogens (primary N) is 2. The van der Waals surface area contributed by atoms with Crippen LogP contribution in [0, 0.1) is 23.7 Å². The minimum atomic E-state index is -2.89. The Balaban J connectivity index is 0.000000337. The summed E-state index contributed by atoms with van der Waals surface area (Å²) in [5.41, 5.74) is 2.94. The predicted molar refractivity (Wildman–Crippen MR) is 252 cm³/mol. The van der Waals surface area contributed by atoms with Crippen molar-refractivity contribution in [3.8, 4) is 11.5 Å². The third-order valence-corrected chi connectivity index (χ3v) is 14.0. The standard InChI is InChI=1S/2C22H24N2O8.C2H6O.2ClH.H2O/c2*1-7-8-5-4-6-9(25)11(8)16(26)12-10(7)17(27)14-15(24(2)3)18(28)13(21(23)31)20(30)22(14,32)19(12)29;1-2-3;;;/h2*4-7,10,14-15,17,25-27,30,32H,1-3H3,(H2,23,31);3H,2H2,1H3;2*1H;1H2/t2*7-,10+,14?,15-,17-,22-;;;;/m00..../s1. The first-order chi connectivity index (χ1) is 31.1. The lowest BCUT2D eigenvalue weighted by Gasteiger charge is -2.53. The van der Waals surface area contributed by atoms with E-state index >= 15 is 0 Å². The van der Waals surface area contributed by atoms with Crippen LogP contribution in [0.1, 0.15) is 54.9 Å². The van der Waals surface area contributed by atoms with Gasteiger partial charge in [-0.3, -0.25) is 38.6 Å². The third kappa shape index (κ3) is 8.01. The summed E-state index contributed by atoms with van der Waals surface area (Å²) in [6, 6.07) is 6.26. The van der Waals surface area contributed by atoms with E-state index in [1.165, 1.54) is 50.1 Å². The number of aromatic hydroxyl groups is 2. The molecule has 2 amide bonds. The number of phenols is 2. The molecule has 2 aromatic rings. The van der Waals surface area contributed by atoms with Gasteiger partial charge in [-0.2, -0.15) is 0 Å². The number of fused-ring (bicyclic) bond motifs is 6. The molecular weight excluding hydrogens is 967 g/mol. The minimum Gasteiger partial charge on any atom is -0.508 e. The van der Waals surface area contributed by atoms with Crippen LogP contribution in [0.3, 0.4) is 0 Å². The molecule has 2 fully saturated rings. The molecule has 0 aliphatic heterocycles. The van der Waals surface area contributed by atoms with E-state index in [1.54, 1.807) is 45.0 Å². The van der Waals surface area contributed by atoms with E-state index < -0.39 is 151 Å². The second-order valence-electron chi connectivity index (χ2n) is 17.9. The number of hydrogen-bond acceptors (Lipinski definition) is 19. The number of ketones is 4. The summed E-state index contributed by atoms with van der Waals surface area (Å²) in [4.78, 5) is 79.9. The van der Waals surface area contributed by atoms with Crippen molar-refractivity contribution in [2.75, 3.05) is 34.8 Å². The molecule has 6 aliphatic carbocycles. The maximum Gasteiger partial charge on any atom is 0.255 e. The first kappa shape index (κ1) is 58.4. The van der Waals surface area contributed by atoms with Crippen molar-refractivity contribution in [1.29, 1.82) is 0 Å². The summed E-state index contributed by atoms with van der Waals surface area (Å²) < 4.78 is 0. The van der Waals surface area contributed by atoms with Gasteiger partial charge >= 0.3 is 0 Å². The Hall–Kier alpha value is -5.92. The van der Waals surface area contributed by atoms with Gasteiger partial charge in [0.15, 0.2) is 22.8 Å². The molecular formula is C46H58Cl2N4O18. The van der Waals surface area contributed by atoms with E-state index in [2.05, 4.69) is 0 Å². The van der Waals surface area contributed by atoms with Crippen molar-refractivity contribution in [2.24, 2.45) is 35.1 Å². The van der Waals surface area contributed by atoms with Crippen molar-refractivity contribution in [3.63, 3.8) is 0 Å². The van der Waals surface area contributed by atoms with E-state index in [0.29, 0.717) is 11.1 Å². The summed E-state index contributed by atoms with van der Waals surface area (Å²) >= 11 is 0. The molecule has 17 N–H and O–H groups in total. The second kappa shape index (κ2) is 20.4. The van der Waals surface area contributed by atoms with E-state index in [4.69, 9.17) is 16.6 Å². The third-order valence-electron chi connectivity index (χ3n) is 14.0. The number of aliphatic hydroxyl groups is 9. The van der Waals surface area contributed by atoms with Crippen LogP contribution < -0.4 is 11.5 Å². The van der Waals surface area contributed by atoms with Crippen molar-refractivity contribution in [3.05, 3.63) is 92.5 Å². The Labute approximate surface area is 412 Å². The lowest BCUT2D eigenvalue weighted by Crippen LogP contribution is -2.70. The van der Waals surface area contributed by atoms with E-state index in [1.807, 2.05) is 0 Å². The molecule has 384 valence electrons. The van der Waals surface area contributed by atoms with Gasteiger partial charge in [-0.15, -0.1) is 24.8 Å². The minimum absolute atomic E-state index is 0. The van der Waals surface area contributed by atoms with Gasteiger partial charge in [0.25, 0.3) is 11.8 Å². The average Bonchev–Trinajstić information content (AvgIpc) is 3.23. The summed E-state index contributed by atoms with van der Waals surface area (Å²) in [6.45, 7) is 5.28. The van der Waals surface area contributed by atoms with Crippen LogP contribution in [-0.2, 0) is 28.8 Å². The fourth-order valence-electron chi connectivity index (χ4n) is 11.2. The van der Waals surface area contributed by atoms with Crippen molar-refractivity contribution >= 4 is 71.3 Å². The number of primary amides is 2. The molecule has 0 saturated heterocycles. The summed E-state index contributed by atoms with van der Waals surface area (Å²) in [7, 11) is 5.84. The van der Waals surface area contributed by atoms with Crippen LogP contribution in [0.2, 0.25) is 0 Å². The molecule has 2 saturated carbocycles. The van der Waals surface area contributed by atoms with Crippen LogP contribution in [0.5, 0.6) is 11.5 Å². The SMILES string of the molecule is CCO.C[C@H]1c2cccc(O)c2C(O)=C2C(=O)[C@]3(O)C(O)=C(C(N)=O)C(=O)[C@@H](N(C)C)C3[C@@H](O)[C@@H]21.C[C@H]1c2cccc(O)c2C(O)=C2C(=O)[C@]3(O)C(O)=C(C(N)=O)C(=O)[C@@H](N(C)C)C3[C@@H](O)[C@@H]21.Cl.Cl.O. The van der Waals surface area contributed by atoms with Crippen LogP contribution >= 0.6 is 24.8 Å². The molecule has 70 heavy (non-hydrogen) atoms. The normalized spacial score (nSPS) is 31.7. The van der Waals surface area contributed by atoms with Crippen molar-refractivity contribution in [2.45, 2.75) is 68.1 Å². The highest BCUT2D eigenvalue weighted by atomic mass is 35.5. The molecule has 12 atom stereocenters. The smallest absolute Gasteiger partial charge is 0.255 e. The largest absolute Gasteiger partial charge is 0.508 e. The Morgan fingerprint density at radius 3 is 1.16 bits per heavy atom. The number of carbonyl (C=O) groups excluding carboxylic acids is 6. The zero-order valence-electron chi connectivity index (χ0n) is 38.7. The van der Waals surface area contributed by atoms with Gasteiger partial charge in [0.2, 0.25) is 11.6 Å². The molecule has 24 heteroatoms. The van der Waals surface area contributed by atoms with Gasteiger partial charge < -0.3 is 73.1 Å². The number of hydrogen-bond donors (Lipinski definition) is 13. The zero-order valence-corrected chi connectivity index (χ0v) is 40.3. The molecule has 2 aromatic carbocycles. The molecule has 0 bridgehead atoms. The number of carbonyl (C=O) groups is 6. The first-order valence-electron chi connectivity index (χ1n) is 21.1. The molecule has 6 aliphatic rings. The number of halogens is 2. The molecule has 0 heterocycles. The van der Waals surface area contributed by atoms with E-state index in [0.717, 1.165) is 0 Å². The number of rotatable bonds is 4. The molecule has 2 unspecified atom stereocenters. The Bertz CT molecular complexity index is 2490. The highest BCUT2D eigenvalue weighted by Gasteiger charge is 2.70. The van der Waals surface area contributed by atoms with Crippen LogP contribution in [0.4, 0.5) is 0 Å². The Kier molecular flexibility index (Phi) is 17.0. The molecule has 8 rings (SSSR count). The average molecular weight is 1030 g/mol. The molecule has 22 nitrogen and oxygen atoms in total. The fourth-order valence-corrected chi connectivity index (χ4v) is 11.2. The second-order valence-corrected chi connectivity index (χ2v) is 17.9. The van der Waals surface area contributed by atoms with E-state index in [-0.39, 0.29) is 59.5 Å². The maximum absolute atomic E-state index is 13.7. The lowest BCUT2D eigenvalue weighted by molar-refractivity contribution is -0.170. The number of Topliss-reactive ketones (excluding diaryl/α,β-unsaturated/α-hetero) is 4. The highest BCUT2D eigenvalue weighted by molar-refractivity contribution is 6.26. The fraction of sp³-hybridized carbons (Fsp3) is 0.435. The quantitative estimate of drug-likeness (QED) is 0.164. The Morgan fingerprint density at radius 2 is 0.900 bits per heavy atom. The van der Waals surface area contributed by atoms with Crippen molar-refractivity contribution in [1.82, 2.24) is 9.80 Å². The summed E-state index contributed by atoms with van der Waals surface area (Å²) in [6.07, 6.45) is -3.18. The van der Waals surface area contributed by atoms with E-state index in [9.17, 15) is 79.8 Å². The van der Waals surface area contributed by atoms with Gasteiger partial charge in [-0.1, -0.05) is 38.1 Å². The molecule has 0 spiro atoms. The van der Waals surface area contributed by atoms with Crippen LogP contribution in [-0.4, -0.2) is 177 Å². The van der Waals surface area contributed by atoms with Gasteiger partial charge in [0.05, 0.1) is 47.3 Å². The van der Waals surface area contributed by atoms with Gasteiger partial charge in [0.1, 0.15) is 45.7 Å². The first-order valence-corrected chi connectivity index (χ1v) is 21.1. The number of phenolic OH excluding ortho intramolecular Hbond substituents is 2. The van der Waals surface area contributed by atoms with Gasteiger partial charge in [0, 0.05) is 29.6 Å². The molecule has 0 radical (unpaired) electrons. The van der Waals surface area contributed by atoms with Crippen molar-refractivity contribution < 1.29 is 90.4 Å².